The average Bonchev–Trinajstić information content (AvgIpc) is 2.79. The molecular formula is C13H19BrN4O2. The fourth-order valence-corrected chi connectivity index (χ4v) is 2.87. The van der Waals surface area contributed by atoms with Gasteiger partial charge in [-0.2, -0.15) is 0 Å². The molecule has 0 aliphatic carbocycles. The second-order valence-corrected chi connectivity index (χ2v) is 5.78. The molecule has 0 radical (unpaired) electrons. The van der Waals surface area contributed by atoms with Crippen LogP contribution in [0.15, 0.2) is 16.7 Å². The second kappa shape index (κ2) is 6.41. The molecule has 1 aliphatic rings. The Morgan fingerprint density at radius 2 is 1.95 bits per heavy atom. The Kier molecular flexibility index (Phi) is 4.82. The Bertz CT molecular complexity index is 506. The molecule has 0 saturated carbocycles. The van der Waals surface area contributed by atoms with Crippen LogP contribution in [-0.2, 0) is 11.3 Å². The monoisotopic (exact) mass is 342 g/mol. The van der Waals surface area contributed by atoms with E-state index in [1.165, 1.54) is 0 Å². The summed E-state index contributed by atoms with van der Waals surface area (Å²) in [5, 5.41) is 0. The number of aromatic nitrogens is 1. The third-order valence-electron chi connectivity index (χ3n) is 3.46. The van der Waals surface area contributed by atoms with E-state index < -0.39 is 0 Å². The van der Waals surface area contributed by atoms with Crippen molar-refractivity contribution in [2.75, 3.05) is 32.7 Å². The van der Waals surface area contributed by atoms with E-state index in [2.05, 4.69) is 15.9 Å². The average molecular weight is 343 g/mol. The van der Waals surface area contributed by atoms with Gasteiger partial charge < -0.3 is 15.2 Å². The molecule has 110 valence electrons. The van der Waals surface area contributed by atoms with Crippen LogP contribution in [0.2, 0.25) is 0 Å². The number of hydrogen-bond donors (Lipinski definition) is 1. The molecule has 0 aromatic carbocycles. The molecule has 1 aliphatic heterocycles. The first-order valence-electron chi connectivity index (χ1n) is 6.67. The molecule has 1 aromatic heterocycles. The molecule has 1 saturated heterocycles. The number of rotatable bonds is 4. The molecule has 2 N–H and O–H groups in total. The molecule has 0 spiro atoms. The van der Waals surface area contributed by atoms with E-state index in [-0.39, 0.29) is 18.4 Å². The fourth-order valence-electron chi connectivity index (χ4n) is 2.41. The van der Waals surface area contributed by atoms with Gasteiger partial charge in [-0.3, -0.25) is 14.5 Å². The van der Waals surface area contributed by atoms with Crippen LogP contribution in [-0.4, -0.2) is 58.9 Å². The van der Waals surface area contributed by atoms with E-state index in [9.17, 15) is 9.59 Å². The second-order valence-electron chi connectivity index (χ2n) is 4.86. The van der Waals surface area contributed by atoms with Crippen LogP contribution in [0.3, 0.4) is 0 Å². The highest BCUT2D eigenvalue weighted by atomic mass is 79.9. The minimum atomic E-state index is -0.325. The first-order valence-corrected chi connectivity index (χ1v) is 7.46. The molecule has 1 fully saturated rings. The predicted molar refractivity (Wildman–Crippen MR) is 79.3 cm³/mol. The Morgan fingerprint density at radius 1 is 1.30 bits per heavy atom. The van der Waals surface area contributed by atoms with Crippen LogP contribution in [0, 0.1) is 0 Å². The molecule has 6 nitrogen and oxygen atoms in total. The van der Waals surface area contributed by atoms with Crippen molar-refractivity contribution >= 4 is 27.7 Å². The molecule has 20 heavy (non-hydrogen) atoms. The van der Waals surface area contributed by atoms with Crippen LogP contribution in [0.5, 0.6) is 0 Å². The Hall–Kier alpha value is -1.34. The highest BCUT2D eigenvalue weighted by Crippen LogP contribution is 2.17. The summed E-state index contributed by atoms with van der Waals surface area (Å²) < 4.78 is 2.84. The molecule has 0 atom stereocenters. The Balaban J connectivity index is 1.99. The number of carbonyl (C=O) groups is 2. The smallest absolute Gasteiger partial charge is 0.270 e. The van der Waals surface area contributed by atoms with Gasteiger partial charge in [0, 0.05) is 43.4 Å². The third kappa shape index (κ3) is 3.40. The van der Waals surface area contributed by atoms with Crippen molar-refractivity contribution in [2.24, 2.45) is 5.73 Å². The topological polar surface area (TPSA) is 71.6 Å². The minimum absolute atomic E-state index is 0.0382. The summed E-state index contributed by atoms with van der Waals surface area (Å²) in [5.41, 5.74) is 5.88. The quantitative estimate of drug-likeness (QED) is 0.866. The van der Waals surface area contributed by atoms with Gasteiger partial charge in [0.2, 0.25) is 5.91 Å². The van der Waals surface area contributed by atoms with Crippen molar-refractivity contribution in [3.05, 3.63) is 22.4 Å². The van der Waals surface area contributed by atoms with Gasteiger partial charge in [0.1, 0.15) is 5.69 Å². The van der Waals surface area contributed by atoms with Crippen molar-refractivity contribution in [3.8, 4) is 0 Å². The number of carbonyl (C=O) groups excluding carboxylic acids is 2. The zero-order chi connectivity index (χ0) is 14.7. The number of halogens is 1. The molecule has 2 amide bonds. The molecule has 1 aromatic rings. The lowest BCUT2D eigenvalue weighted by molar-refractivity contribution is -0.119. The summed E-state index contributed by atoms with van der Waals surface area (Å²) in [6.07, 6.45) is 1.91. The van der Waals surface area contributed by atoms with E-state index in [4.69, 9.17) is 5.73 Å². The Labute approximate surface area is 126 Å². The molecule has 0 bridgehead atoms. The van der Waals surface area contributed by atoms with Crippen molar-refractivity contribution in [2.45, 2.75) is 13.5 Å². The first kappa shape index (κ1) is 15.1. The molecule has 7 heteroatoms. The van der Waals surface area contributed by atoms with Crippen molar-refractivity contribution < 1.29 is 9.59 Å². The van der Waals surface area contributed by atoms with E-state index in [1.807, 2.05) is 33.6 Å². The molecule has 2 rings (SSSR count). The number of amides is 2. The minimum Gasteiger partial charge on any atom is -0.369 e. The maximum atomic E-state index is 12.5. The van der Waals surface area contributed by atoms with Gasteiger partial charge in [-0.25, -0.2) is 0 Å². The maximum Gasteiger partial charge on any atom is 0.270 e. The lowest BCUT2D eigenvalue weighted by atomic mass is 10.2. The number of aryl methyl sites for hydroxylation is 1. The van der Waals surface area contributed by atoms with E-state index in [0.29, 0.717) is 31.9 Å². The summed E-state index contributed by atoms with van der Waals surface area (Å²) in [4.78, 5) is 27.2. The third-order valence-corrected chi connectivity index (χ3v) is 3.90. The highest BCUT2D eigenvalue weighted by Gasteiger charge is 2.24. The lowest BCUT2D eigenvalue weighted by Gasteiger charge is -2.34. The van der Waals surface area contributed by atoms with Crippen LogP contribution in [0.1, 0.15) is 17.4 Å². The number of nitrogens with zero attached hydrogens (tertiary/aromatic N) is 3. The zero-order valence-electron chi connectivity index (χ0n) is 11.5. The molecule has 2 heterocycles. The van der Waals surface area contributed by atoms with Gasteiger partial charge in [0.25, 0.3) is 5.91 Å². The number of nitrogens with two attached hydrogens (primary N) is 1. The maximum absolute atomic E-state index is 12.5. The van der Waals surface area contributed by atoms with Crippen LogP contribution in [0.4, 0.5) is 0 Å². The number of primary amides is 1. The van der Waals surface area contributed by atoms with E-state index in [0.717, 1.165) is 11.0 Å². The van der Waals surface area contributed by atoms with Crippen molar-refractivity contribution in [1.29, 1.82) is 0 Å². The van der Waals surface area contributed by atoms with Crippen molar-refractivity contribution in [1.82, 2.24) is 14.4 Å². The Morgan fingerprint density at radius 3 is 2.50 bits per heavy atom. The number of hydrogen-bond acceptors (Lipinski definition) is 3. The largest absolute Gasteiger partial charge is 0.369 e. The van der Waals surface area contributed by atoms with E-state index in [1.54, 1.807) is 0 Å². The van der Waals surface area contributed by atoms with Crippen molar-refractivity contribution in [3.63, 3.8) is 0 Å². The van der Waals surface area contributed by atoms with Gasteiger partial charge in [0.15, 0.2) is 0 Å². The normalized spacial score (nSPS) is 16.4. The predicted octanol–water partition coefficient (Wildman–Crippen LogP) is 0.514. The first-order chi connectivity index (χ1) is 9.51. The van der Waals surface area contributed by atoms with Gasteiger partial charge in [0.05, 0.1) is 6.54 Å². The van der Waals surface area contributed by atoms with E-state index >= 15 is 0 Å². The zero-order valence-corrected chi connectivity index (χ0v) is 13.1. The number of piperazine rings is 1. The lowest BCUT2D eigenvalue weighted by Crippen LogP contribution is -2.50. The van der Waals surface area contributed by atoms with Crippen LogP contribution in [0.25, 0.3) is 0 Å². The summed E-state index contributed by atoms with van der Waals surface area (Å²) in [6.45, 7) is 5.64. The van der Waals surface area contributed by atoms with Crippen LogP contribution >= 0.6 is 15.9 Å². The van der Waals surface area contributed by atoms with Gasteiger partial charge in [-0.15, -0.1) is 0 Å². The SMILES string of the molecule is CCn1cc(Br)cc1C(=O)N1CCN(CC(N)=O)CC1. The molecular weight excluding hydrogens is 324 g/mol. The summed E-state index contributed by atoms with van der Waals surface area (Å²) in [6, 6.07) is 1.85. The summed E-state index contributed by atoms with van der Waals surface area (Å²) >= 11 is 3.40. The van der Waals surface area contributed by atoms with Gasteiger partial charge in [-0.05, 0) is 28.9 Å². The molecule has 0 unspecified atom stereocenters. The standard InChI is InChI=1S/C13H19BrN4O2/c1-2-17-8-10(14)7-11(17)13(20)18-5-3-16(4-6-18)9-12(15)19/h7-8H,2-6,9H2,1H3,(H2,15,19). The highest BCUT2D eigenvalue weighted by molar-refractivity contribution is 9.10. The van der Waals surface area contributed by atoms with Gasteiger partial charge in [-0.1, -0.05) is 0 Å². The van der Waals surface area contributed by atoms with Gasteiger partial charge >= 0.3 is 0 Å². The summed E-state index contributed by atoms with van der Waals surface area (Å²) in [5.74, 6) is -0.287. The summed E-state index contributed by atoms with van der Waals surface area (Å²) in [7, 11) is 0. The fraction of sp³-hybridized carbons (Fsp3) is 0.538. The van der Waals surface area contributed by atoms with Crippen LogP contribution < -0.4 is 5.73 Å².